The summed E-state index contributed by atoms with van der Waals surface area (Å²) in [4.78, 5) is 26.4. The van der Waals surface area contributed by atoms with E-state index in [9.17, 15) is 27.2 Å². The average Bonchev–Trinajstić information content (AvgIpc) is 2.96. The van der Waals surface area contributed by atoms with Gasteiger partial charge in [0, 0.05) is 12.8 Å². The van der Waals surface area contributed by atoms with E-state index in [0.717, 1.165) is 29.2 Å². The zero-order valence-corrected chi connectivity index (χ0v) is 17.1. The minimum atomic E-state index is -4.84. The quantitative estimate of drug-likeness (QED) is 0.537. The van der Waals surface area contributed by atoms with Crippen LogP contribution < -0.4 is 15.5 Å². The van der Waals surface area contributed by atoms with Crippen molar-refractivity contribution in [3.05, 3.63) is 58.9 Å². The lowest BCUT2D eigenvalue weighted by Crippen LogP contribution is -2.38. The van der Waals surface area contributed by atoms with Gasteiger partial charge in [-0.05, 0) is 48.6 Å². The van der Waals surface area contributed by atoms with Crippen molar-refractivity contribution < 1.29 is 31.9 Å². The van der Waals surface area contributed by atoms with E-state index in [0.29, 0.717) is 6.07 Å². The lowest BCUT2D eigenvalue weighted by molar-refractivity contribution is -0.137. The number of carbonyl (C=O) groups is 2. The van der Waals surface area contributed by atoms with Crippen molar-refractivity contribution in [2.24, 2.45) is 5.73 Å². The number of nitrogens with zero attached hydrogens (tertiary/aromatic N) is 3. The van der Waals surface area contributed by atoms with E-state index in [2.05, 4.69) is 0 Å². The molecule has 0 spiro atoms. The number of primary amides is 1. The third-order valence-electron chi connectivity index (χ3n) is 4.72. The summed E-state index contributed by atoms with van der Waals surface area (Å²) in [7, 11) is 1.30. The summed E-state index contributed by atoms with van der Waals surface area (Å²) in [6.07, 6.45) is -4.84. The van der Waals surface area contributed by atoms with Gasteiger partial charge in [0.25, 0.3) is 11.8 Å². The zero-order chi connectivity index (χ0) is 23.8. The first-order valence-electron chi connectivity index (χ1n) is 8.88. The molecule has 2 aromatic rings. The number of alkyl halides is 3. The Labute approximate surface area is 184 Å². The van der Waals surface area contributed by atoms with Crippen LogP contribution >= 0.6 is 12.2 Å². The molecule has 0 saturated carbocycles. The molecule has 0 aliphatic carbocycles. The van der Waals surface area contributed by atoms with E-state index in [1.165, 1.54) is 24.1 Å². The number of hydrogen-bond donors (Lipinski definition) is 1. The molecule has 0 radical (unpaired) electrons. The molecule has 12 heteroatoms. The highest BCUT2D eigenvalue weighted by atomic mass is 32.1. The lowest BCUT2D eigenvalue weighted by atomic mass is 10.1. The van der Waals surface area contributed by atoms with Crippen LogP contribution in [0.2, 0.25) is 0 Å². The molecular formula is C20H14F4N4O3S. The van der Waals surface area contributed by atoms with Gasteiger partial charge in [-0.1, -0.05) is 0 Å². The van der Waals surface area contributed by atoms with Crippen LogP contribution in [0.15, 0.2) is 36.4 Å². The van der Waals surface area contributed by atoms with Crippen LogP contribution in [0.3, 0.4) is 0 Å². The fraction of sp³-hybridized carbons (Fsp3) is 0.200. The third-order valence-corrected chi connectivity index (χ3v) is 5.10. The number of rotatable bonds is 5. The molecule has 32 heavy (non-hydrogen) atoms. The first-order valence-corrected chi connectivity index (χ1v) is 9.28. The van der Waals surface area contributed by atoms with E-state index >= 15 is 0 Å². The standard InChI is InChI=1S/C20H14F4N4O3S/c1-31-9-16-18(30)28(11-3-2-10(8-25)14(6-11)20(22,23)24)19(32)27(16)12-4-5-13(17(26)29)15(21)7-12/h2-7,16H,9H2,1H3,(H2,26,29). The van der Waals surface area contributed by atoms with Gasteiger partial charge in [0.2, 0.25) is 0 Å². The van der Waals surface area contributed by atoms with Crippen molar-refractivity contribution in [1.82, 2.24) is 0 Å². The first kappa shape index (κ1) is 23.1. The van der Waals surface area contributed by atoms with Crippen molar-refractivity contribution in [2.75, 3.05) is 23.5 Å². The van der Waals surface area contributed by atoms with Crippen LogP contribution in [0.1, 0.15) is 21.5 Å². The van der Waals surface area contributed by atoms with Gasteiger partial charge in [0.15, 0.2) is 5.11 Å². The molecule has 7 nitrogen and oxygen atoms in total. The van der Waals surface area contributed by atoms with Gasteiger partial charge in [-0.15, -0.1) is 0 Å². The molecule has 0 aromatic heterocycles. The van der Waals surface area contributed by atoms with Gasteiger partial charge >= 0.3 is 6.18 Å². The molecule has 1 fully saturated rings. The van der Waals surface area contributed by atoms with Gasteiger partial charge in [0.1, 0.15) is 11.9 Å². The second kappa shape index (κ2) is 8.52. The van der Waals surface area contributed by atoms with Crippen LogP contribution in [0, 0.1) is 17.1 Å². The molecule has 2 N–H and O–H groups in total. The molecule has 1 aliphatic rings. The van der Waals surface area contributed by atoms with Crippen molar-refractivity contribution in [2.45, 2.75) is 12.2 Å². The van der Waals surface area contributed by atoms with E-state index in [-0.39, 0.29) is 28.7 Å². The smallest absolute Gasteiger partial charge is 0.382 e. The molecule has 0 bridgehead atoms. The van der Waals surface area contributed by atoms with Crippen molar-refractivity contribution in [3.8, 4) is 6.07 Å². The monoisotopic (exact) mass is 466 g/mol. The summed E-state index contributed by atoms with van der Waals surface area (Å²) in [6, 6.07) is 6.42. The number of halogens is 4. The summed E-state index contributed by atoms with van der Waals surface area (Å²) in [5, 5.41) is 8.75. The highest BCUT2D eigenvalue weighted by Gasteiger charge is 2.45. The van der Waals surface area contributed by atoms with Crippen molar-refractivity contribution in [3.63, 3.8) is 0 Å². The number of methoxy groups -OCH3 is 1. The number of benzene rings is 2. The number of carbonyl (C=O) groups excluding carboxylic acids is 2. The number of thiocarbonyl (C=S) groups is 1. The molecule has 166 valence electrons. The minimum absolute atomic E-state index is 0.0695. The van der Waals surface area contributed by atoms with Crippen LogP contribution in [-0.4, -0.2) is 36.7 Å². The summed E-state index contributed by atoms with van der Waals surface area (Å²) in [6.45, 7) is -0.211. The van der Waals surface area contributed by atoms with Gasteiger partial charge in [-0.2, -0.15) is 18.4 Å². The predicted molar refractivity (Wildman–Crippen MR) is 109 cm³/mol. The summed E-state index contributed by atoms with van der Waals surface area (Å²) < 4.78 is 59.5. The maximum Gasteiger partial charge on any atom is 0.417 e. The van der Waals surface area contributed by atoms with E-state index < -0.39 is 41.0 Å². The summed E-state index contributed by atoms with van der Waals surface area (Å²) in [5.41, 5.74) is 2.72. The van der Waals surface area contributed by atoms with E-state index in [4.69, 9.17) is 28.0 Å². The van der Waals surface area contributed by atoms with Gasteiger partial charge in [0.05, 0.1) is 35.1 Å². The van der Waals surface area contributed by atoms with Crippen LogP contribution in [-0.2, 0) is 15.7 Å². The zero-order valence-electron chi connectivity index (χ0n) is 16.3. The Morgan fingerprint density at radius 2 is 1.91 bits per heavy atom. The highest BCUT2D eigenvalue weighted by Crippen LogP contribution is 2.37. The maximum absolute atomic E-state index is 14.3. The number of anilines is 2. The molecule has 3 rings (SSSR count). The highest BCUT2D eigenvalue weighted by molar-refractivity contribution is 7.81. The number of nitriles is 1. The second-order valence-electron chi connectivity index (χ2n) is 6.67. The number of ether oxygens (including phenoxy) is 1. The first-order chi connectivity index (χ1) is 15.0. The van der Waals surface area contributed by atoms with Crippen LogP contribution in [0.25, 0.3) is 0 Å². The molecule has 2 aromatic carbocycles. The Morgan fingerprint density at radius 3 is 2.44 bits per heavy atom. The predicted octanol–water partition coefficient (Wildman–Crippen LogP) is 2.97. The molecule has 1 saturated heterocycles. The third kappa shape index (κ3) is 4.00. The Hall–Kier alpha value is -3.56. The Balaban J connectivity index is 2.10. The molecular weight excluding hydrogens is 452 g/mol. The van der Waals surface area contributed by atoms with Crippen molar-refractivity contribution in [1.29, 1.82) is 5.26 Å². The average molecular weight is 466 g/mol. The fourth-order valence-corrected chi connectivity index (χ4v) is 3.71. The topological polar surface area (TPSA) is 99.7 Å². The fourth-order valence-electron chi connectivity index (χ4n) is 3.28. The summed E-state index contributed by atoms with van der Waals surface area (Å²) >= 11 is 5.34. The second-order valence-corrected chi connectivity index (χ2v) is 7.03. The Morgan fingerprint density at radius 1 is 1.25 bits per heavy atom. The number of nitrogens with two attached hydrogens (primary N) is 1. The van der Waals surface area contributed by atoms with Crippen LogP contribution in [0.5, 0.6) is 0 Å². The van der Waals surface area contributed by atoms with Crippen molar-refractivity contribution >= 4 is 40.5 Å². The minimum Gasteiger partial charge on any atom is -0.382 e. The SMILES string of the molecule is COCC1C(=O)N(c2ccc(C#N)c(C(F)(F)F)c2)C(=S)N1c1ccc(C(N)=O)c(F)c1. The molecule has 1 unspecified atom stereocenters. The number of hydrogen-bond acceptors (Lipinski definition) is 5. The molecule has 1 atom stereocenters. The maximum atomic E-state index is 14.3. The molecule has 2 amide bonds. The van der Waals surface area contributed by atoms with Crippen LogP contribution in [0.4, 0.5) is 28.9 Å². The summed E-state index contributed by atoms with van der Waals surface area (Å²) in [5.74, 6) is -2.67. The van der Waals surface area contributed by atoms with E-state index in [1.807, 2.05) is 0 Å². The molecule has 1 aliphatic heterocycles. The largest absolute Gasteiger partial charge is 0.417 e. The number of amides is 2. The molecule has 1 heterocycles. The normalized spacial score (nSPS) is 16.4. The van der Waals surface area contributed by atoms with E-state index in [1.54, 1.807) is 0 Å². The Bertz CT molecular complexity index is 1160. The van der Waals surface area contributed by atoms with Gasteiger partial charge < -0.3 is 15.4 Å². The lowest BCUT2D eigenvalue weighted by Gasteiger charge is -2.24. The Kier molecular flexibility index (Phi) is 6.16. The van der Waals surface area contributed by atoms with Gasteiger partial charge in [-0.25, -0.2) is 4.39 Å². The van der Waals surface area contributed by atoms with Gasteiger partial charge in [-0.3, -0.25) is 14.5 Å².